The van der Waals surface area contributed by atoms with Crippen LogP contribution < -0.4 is 10.2 Å². The number of amides is 3. The van der Waals surface area contributed by atoms with Gasteiger partial charge in [0.05, 0.1) is 13.3 Å². The zero-order valence-corrected chi connectivity index (χ0v) is 16.8. The van der Waals surface area contributed by atoms with Crippen molar-refractivity contribution < 1.29 is 18.7 Å². The molecule has 142 valence electrons. The molecule has 0 saturated carbocycles. The van der Waals surface area contributed by atoms with Crippen molar-refractivity contribution in [1.82, 2.24) is 9.88 Å². The fourth-order valence-corrected chi connectivity index (χ4v) is 4.70. The number of hydrogen-bond acceptors (Lipinski definition) is 5. The van der Waals surface area contributed by atoms with E-state index in [-0.39, 0.29) is 22.7 Å². The quantitative estimate of drug-likeness (QED) is 0.710. The fraction of sp³-hybridized carbons (Fsp3) is 0.353. The van der Waals surface area contributed by atoms with Gasteiger partial charge in [0.25, 0.3) is 0 Å². The Morgan fingerprint density at radius 3 is 2.93 bits per heavy atom. The molecule has 0 unspecified atom stereocenters. The number of nitrogens with zero attached hydrogens (tertiary/aromatic N) is 3. The number of fused-ring (bicyclic) bond motifs is 2. The Labute approximate surface area is 167 Å². The molecule has 0 bridgehead atoms. The average molecular weight is 455 g/mol. The van der Waals surface area contributed by atoms with Crippen molar-refractivity contribution >= 4 is 50.2 Å². The van der Waals surface area contributed by atoms with Crippen LogP contribution >= 0.6 is 27.3 Å². The molecule has 2 aliphatic heterocycles. The highest BCUT2D eigenvalue weighted by molar-refractivity contribution is 9.10. The maximum absolute atomic E-state index is 13.2. The Morgan fingerprint density at radius 1 is 1.41 bits per heavy atom. The van der Waals surface area contributed by atoms with Crippen LogP contribution in [0.5, 0.6) is 0 Å². The highest BCUT2D eigenvalue weighted by atomic mass is 79.9. The molecule has 2 aliphatic rings. The topological polar surface area (TPSA) is 74.8 Å². The third-order valence-corrected chi connectivity index (χ3v) is 6.20. The Morgan fingerprint density at radius 2 is 2.22 bits per heavy atom. The molecular formula is C17H16BrFN4O3S. The summed E-state index contributed by atoms with van der Waals surface area (Å²) in [6.45, 7) is 1.45. The number of methoxy groups -OCH3 is 1. The highest BCUT2D eigenvalue weighted by Crippen LogP contribution is 2.47. The molecule has 0 aliphatic carbocycles. The number of halogens is 2. The number of hydrogen-bond donors (Lipinski definition) is 1. The first kappa shape index (κ1) is 18.2. The Bertz CT molecular complexity index is 923. The first-order valence-corrected chi connectivity index (χ1v) is 9.86. The van der Waals surface area contributed by atoms with Crippen LogP contribution in [0.1, 0.15) is 12.0 Å². The lowest BCUT2D eigenvalue weighted by Gasteiger charge is -2.25. The largest absolute Gasteiger partial charge is 0.453 e. The van der Waals surface area contributed by atoms with Crippen molar-refractivity contribution in [2.75, 3.05) is 37.0 Å². The highest BCUT2D eigenvalue weighted by Gasteiger charge is 2.50. The van der Waals surface area contributed by atoms with Gasteiger partial charge in [-0.1, -0.05) is 27.3 Å². The van der Waals surface area contributed by atoms with Crippen LogP contribution in [0.25, 0.3) is 0 Å². The number of nitrogens with one attached hydrogen (secondary N) is 1. The number of carbonyl (C=O) groups excluding carboxylic acids is 2. The van der Waals surface area contributed by atoms with Crippen molar-refractivity contribution in [3.05, 3.63) is 39.6 Å². The molecule has 1 aromatic heterocycles. The predicted octanol–water partition coefficient (Wildman–Crippen LogP) is 3.81. The molecule has 2 aromatic rings. The first-order valence-electron chi connectivity index (χ1n) is 8.25. The van der Waals surface area contributed by atoms with E-state index >= 15 is 0 Å². The van der Waals surface area contributed by atoms with E-state index in [1.807, 2.05) is 18.2 Å². The van der Waals surface area contributed by atoms with Gasteiger partial charge in [-0.25, -0.2) is 14.6 Å². The van der Waals surface area contributed by atoms with Gasteiger partial charge in [-0.05, 0) is 30.2 Å². The molecule has 1 spiro atoms. The molecule has 0 radical (unpaired) electrons. The van der Waals surface area contributed by atoms with Gasteiger partial charge in [-0.3, -0.25) is 10.2 Å². The van der Waals surface area contributed by atoms with E-state index in [0.717, 1.165) is 39.7 Å². The van der Waals surface area contributed by atoms with Crippen molar-refractivity contribution in [3.8, 4) is 0 Å². The van der Waals surface area contributed by atoms with Gasteiger partial charge in [0.2, 0.25) is 0 Å². The zero-order valence-electron chi connectivity index (χ0n) is 14.4. The van der Waals surface area contributed by atoms with Crippen LogP contribution in [-0.2, 0) is 10.2 Å². The van der Waals surface area contributed by atoms with E-state index in [0.29, 0.717) is 19.6 Å². The van der Waals surface area contributed by atoms with Gasteiger partial charge in [-0.2, -0.15) is 4.39 Å². The molecule has 1 aromatic carbocycles. The summed E-state index contributed by atoms with van der Waals surface area (Å²) in [4.78, 5) is 31.9. The number of rotatable bonds is 1. The molecule has 1 N–H and O–H groups in total. The monoisotopic (exact) mass is 454 g/mol. The summed E-state index contributed by atoms with van der Waals surface area (Å²) >= 11 is 4.27. The van der Waals surface area contributed by atoms with Crippen molar-refractivity contribution in [2.45, 2.75) is 11.8 Å². The smallest absolute Gasteiger partial charge is 0.409 e. The summed E-state index contributed by atoms with van der Waals surface area (Å²) in [6, 6.07) is 5.36. The number of benzene rings is 1. The van der Waals surface area contributed by atoms with Crippen molar-refractivity contribution in [1.29, 1.82) is 0 Å². The number of carbonyl (C=O) groups is 2. The van der Waals surface area contributed by atoms with E-state index < -0.39 is 5.13 Å². The van der Waals surface area contributed by atoms with Gasteiger partial charge in [0, 0.05) is 35.2 Å². The maximum atomic E-state index is 13.2. The molecule has 1 fully saturated rings. The number of anilines is 2. The molecule has 27 heavy (non-hydrogen) atoms. The van der Waals surface area contributed by atoms with Crippen LogP contribution in [0.15, 0.2) is 28.9 Å². The van der Waals surface area contributed by atoms with Crippen LogP contribution in [0.4, 0.5) is 24.8 Å². The normalized spacial score (nSPS) is 20.9. The standard InChI is InChI=1S/C17H16BrFN4O3S/c1-26-16(25)22-5-4-17(8-22)9-23(12-3-2-10(18)6-11(12)17)15(24)21-14-20-7-13(19)27-14/h2-3,6-7H,4-5,8-9H2,1H3,(H,20,21,24)/t17-/m1/s1. The van der Waals surface area contributed by atoms with Gasteiger partial charge in [-0.15, -0.1) is 0 Å². The first-order chi connectivity index (χ1) is 12.9. The summed E-state index contributed by atoms with van der Waals surface area (Å²) < 4.78 is 18.9. The molecule has 10 heteroatoms. The minimum absolute atomic E-state index is 0.208. The Hall–Kier alpha value is -2.20. The van der Waals surface area contributed by atoms with E-state index in [4.69, 9.17) is 4.74 Å². The minimum atomic E-state index is -0.461. The van der Waals surface area contributed by atoms with Crippen molar-refractivity contribution in [2.24, 2.45) is 0 Å². The second-order valence-electron chi connectivity index (χ2n) is 6.57. The minimum Gasteiger partial charge on any atom is -0.453 e. The maximum Gasteiger partial charge on any atom is 0.409 e. The third-order valence-electron chi connectivity index (χ3n) is 5.00. The van der Waals surface area contributed by atoms with E-state index in [1.165, 1.54) is 7.11 Å². The number of ether oxygens (including phenoxy) is 1. The number of thiazole rings is 1. The Kier molecular flexibility index (Phi) is 4.55. The summed E-state index contributed by atoms with van der Waals surface area (Å²) in [5.74, 6) is 0. The van der Waals surface area contributed by atoms with E-state index in [9.17, 15) is 14.0 Å². The van der Waals surface area contributed by atoms with E-state index in [2.05, 4.69) is 26.2 Å². The fourth-order valence-electron chi connectivity index (χ4n) is 3.80. The lowest BCUT2D eigenvalue weighted by molar-refractivity contribution is 0.131. The van der Waals surface area contributed by atoms with Crippen LogP contribution in [0.3, 0.4) is 0 Å². The molecule has 4 rings (SSSR count). The zero-order chi connectivity index (χ0) is 19.2. The lowest BCUT2D eigenvalue weighted by atomic mass is 9.82. The van der Waals surface area contributed by atoms with E-state index in [1.54, 1.807) is 9.80 Å². The van der Waals surface area contributed by atoms with Crippen LogP contribution in [0, 0.1) is 5.13 Å². The van der Waals surface area contributed by atoms with Gasteiger partial charge < -0.3 is 9.64 Å². The van der Waals surface area contributed by atoms with Gasteiger partial charge >= 0.3 is 12.1 Å². The number of urea groups is 1. The molecular weight excluding hydrogens is 439 g/mol. The lowest BCUT2D eigenvalue weighted by Crippen LogP contribution is -2.41. The third kappa shape index (κ3) is 3.16. The molecule has 7 nitrogen and oxygen atoms in total. The van der Waals surface area contributed by atoms with Crippen LogP contribution in [0.2, 0.25) is 0 Å². The van der Waals surface area contributed by atoms with Gasteiger partial charge in [0.1, 0.15) is 0 Å². The predicted molar refractivity (Wildman–Crippen MR) is 103 cm³/mol. The molecule has 3 amide bonds. The molecule has 1 saturated heterocycles. The van der Waals surface area contributed by atoms with Gasteiger partial charge in [0.15, 0.2) is 10.3 Å². The summed E-state index contributed by atoms with van der Waals surface area (Å²) in [5.41, 5.74) is 1.42. The molecule has 3 heterocycles. The summed E-state index contributed by atoms with van der Waals surface area (Å²) in [7, 11) is 1.36. The number of likely N-dealkylation sites (tertiary alicyclic amines) is 1. The second-order valence-corrected chi connectivity index (χ2v) is 8.47. The number of aromatic nitrogens is 1. The Balaban J connectivity index is 1.64. The molecule has 1 atom stereocenters. The summed E-state index contributed by atoms with van der Waals surface area (Å²) in [5, 5.41) is 2.40. The van der Waals surface area contributed by atoms with Crippen molar-refractivity contribution in [3.63, 3.8) is 0 Å². The summed E-state index contributed by atoms with van der Waals surface area (Å²) in [6.07, 6.45) is 1.42. The van der Waals surface area contributed by atoms with Crippen LogP contribution in [-0.4, -0.2) is 48.8 Å². The SMILES string of the molecule is COC(=O)N1CC[C@@]2(C1)CN(C(=O)Nc1ncc(F)s1)c1ccc(Br)cc12. The second kappa shape index (κ2) is 6.75. The average Bonchev–Trinajstić information content (AvgIpc) is 3.34.